The van der Waals surface area contributed by atoms with Crippen LogP contribution in [0.1, 0.15) is 0 Å². The van der Waals surface area contributed by atoms with Crippen LogP contribution >= 0.6 is 15.9 Å². The Morgan fingerprint density at radius 3 is 3.10 bits per heavy atom. The van der Waals surface area contributed by atoms with Crippen molar-refractivity contribution in [1.29, 1.82) is 0 Å². The summed E-state index contributed by atoms with van der Waals surface area (Å²) in [4.78, 5) is 4.01. The van der Waals surface area contributed by atoms with Crippen LogP contribution in [-0.2, 0) is 0 Å². The first kappa shape index (κ1) is 5.97. The summed E-state index contributed by atoms with van der Waals surface area (Å²) in [6.07, 6.45) is 3.58. The molecule has 10 heavy (non-hydrogen) atoms. The van der Waals surface area contributed by atoms with Crippen molar-refractivity contribution < 1.29 is 0 Å². The quantitative estimate of drug-likeness (QED) is 0.668. The number of anilines is 2. The van der Waals surface area contributed by atoms with E-state index in [9.17, 15) is 0 Å². The van der Waals surface area contributed by atoms with Crippen LogP contribution < -0.4 is 10.6 Å². The first-order valence-electron chi connectivity index (χ1n) is 2.99. The van der Waals surface area contributed by atoms with Gasteiger partial charge in [0.1, 0.15) is 0 Å². The summed E-state index contributed by atoms with van der Waals surface area (Å²) < 4.78 is 1.01. The molecule has 52 valence electrons. The average molecular weight is 200 g/mol. The molecule has 3 nitrogen and oxygen atoms in total. The second kappa shape index (κ2) is 2.12. The number of halogens is 1. The van der Waals surface area contributed by atoms with Gasteiger partial charge in [-0.2, -0.15) is 0 Å². The maximum atomic E-state index is 4.01. The first-order valence-corrected chi connectivity index (χ1v) is 3.78. The lowest BCUT2D eigenvalue weighted by Gasteiger charge is -1.97. The lowest BCUT2D eigenvalue weighted by molar-refractivity contribution is 1.30. The third-order valence-corrected chi connectivity index (χ3v) is 2.04. The molecule has 0 saturated heterocycles. The second-order valence-electron chi connectivity index (χ2n) is 2.07. The highest BCUT2D eigenvalue weighted by molar-refractivity contribution is 9.10. The van der Waals surface area contributed by atoms with E-state index in [2.05, 4.69) is 31.5 Å². The SMILES string of the molecule is Brc1cncc2c1NCN2. The molecule has 0 amide bonds. The Hall–Kier alpha value is -0.770. The number of nitrogens with zero attached hydrogens (tertiary/aromatic N) is 1. The molecule has 2 N–H and O–H groups in total. The van der Waals surface area contributed by atoms with Crippen molar-refractivity contribution in [2.75, 3.05) is 17.3 Å². The molecule has 1 aliphatic rings. The van der Waals surface area contributed by atoms with Crippen molar-refractivity contribution in [3.8, 4) is 0 Å². The Balaban J connectivity index is 2.59. The minimum absolute atomic E-state index is 0.791. The number of pyridine rings is 1. The third kappa shape index (κ3) is 0.759. The van der Waals surface area contributed by atoms with Crippen molar-refractivity contribution in [2.24, 2.45) is 0 Å². The van der Waals surface area contributed by atoms with Gasteiger partial charge in [-0.15, -0.1) is 0 Å². The van der Waals surface area contributed by atoms with E-state index in [-0.39, 0.29) is 0 Å². The van der Waals surface area contributed by atoms with Gasteiger partial charge in [0.25, 0.3) is 0 Å². The molecule has 0 atom stereocenters. The van der Waals surface area contributed by atoms with Crippen molar-refractivity contribution >= 4 is 27.3 Å². The van der Waals surface area contributed by atoms with Gasteiger partial charge in [-0.05, 0) is 15.9 Å². The Kier molecular flexibility index (Phi) is 1.27. The lowest BCUT2D eigenvalue weighted by Crippen LogP contribution is -1.99. The molecule has 0 aliphatic carbocycles. The molecule has 2 rings (SSSR count). The van der Waals surface area contributed by atoms with Crippen molar-refractivity contribution in [1.82, 2.24) is 4.98 Å². The van der Waals surface area contributed by atoms with Crippen LogP contribution in [0.4, 0.5) is 11.4 Å². The van der Waals surface area contributed by atoms with Crippen LogP contribution in [0.15, 0.2) is 16.9 Å². The van der Waals surface area contributed by atoms with E-state index < -0.39 is 0 Å². The Bertz CT molecular complexity index is 261. The maximum Gasteiger partial charge on any atom is 0.0851 e. The minimum Gasteiger partial charge on any atom is -0.365 e. The van der Waals surface area contributed by atoms with Crippen molar-refractivity contribution in [2.45, 2.75) is 0 Å². The summed E-state index contributed by atoms with van der Waals surface area (Å²) in [6, 6.07) is 0. The van der Waals surface area contributed by atoms with Crippen LogP contribution in [-0.4, -0.2) is 11.7 Å². The van der Waals surface area contributed by atoms with Gasteiger partial charge in [0.2, 0.25) is 0 Å². The molecule has 4 heteroatoms. The predicted molar refractivity (Wildman–Crippen MR) is 44.0 cm³/mol. The minimum atomic E-state index is 0.791. The monoisotopic (exact) mass is 199 g/mol. The first-order chi connectivity index (χ1) is 4.88. The molecule has 0 aromatic carbocycles. The molecular formula is C6H6BrN3. The molecule has 1 aliphatic heterocycles. The van der Waals surface area contributed by atoms with Gasteiger partial charge in [-0.25, -0.2) is 0 Å². The van der Waals surface area contributed by atoms with E-state index >= 15 is 0 Å². The fourth-order valence-electron chi connectivity index (χ4n) is 0.976. The molecule has 1 aromatic rings. The van der Waals surface area contributed by atoms with Gasteiger partial charge < -0.3 is 10.6 Å². The molecule has 0 radical (unpaired) electrons. The second-order valence-corrected chi connectivity index (χ2v) is 2.93. The summed E-state index contributed by atoms with van der Waals surface area (Å²) in [5.74, 6) is 0. The van der Waals surface area contributed by atoms with Crippen LogP contribution in [0.2, 0.25) is 0 Å². The van der Waals surface area contributed by atoms with E-state index in [0.717, 1.165) is 22.5 Å². The van der Waals surface area contributed by atoms with E-state index in [4.69, 9.17) is 0 Å². The van der Waals surface area contributed by atoms with E-state index in [0.29, 0.717) is 0 Å². The Morgan fingerprint density at radius 1 is 1.40 bits per heavy atom. The normalized spacial score (nSPS) is 13.7. The van der Waals surface area contributed by atoms with E-state index in [1.54, 1.807) is 12.4 Å². The molecule has 2 heterocycles. The zero-order valence-corrected chi connectivity index (χ0v) is 6.77. The smallest absolute Gasteiger partial charge is 0.0851 e. The molecule has 0 unspecified atom stereocenters. The molecule has 0 spiro atoms. The summed E-state index contributed by atoms with van der Waals surface area (Å²) in [5, 5.41) is 6.31. The van der Waals surface area contributed by atoms with Crippen molar-refractivity contribution in [3.63, 3.8) is 0 Å². The molecular weight excluding hydrogens is 194 g/mol. The average Bonchev–Trinajstić information content (AvgIpc) is 2.36. The van der Waals surface area contributed by atoms with Crippen LogP contribution in [0.5, 0.6) is 0 Å². The van der Waals surface area contributed by atoms with Crippen molar-refractivity contribution in [3.05, 3.63) is 16.9 Å². The van der Waals surface area contributed by atoms with Crippen LogP contribution in [0.3, 0.4) is 0 Å². The van der Waals surface area contributed by atoms with Gasteiger partial charge in [-0.3, -0.25) is 4.98 Å². The highest BCUT2D eigenvalue weighted by Crippen LogP contribution is 2.31. The summed E-state index contributed by atoms with van der Waals surface area (Å²) >= 11 is 3.38. The zero-order valence-electron chi connectivity index (χ0n) is 5.19. The fourth-order valence-corrected chi connectivity index (χ4v) is 1.45. The van der Waals surface area contributed by atoms with Crippen LogP contribution in [0, 0.1) is 0 Å². The Labute approximate surface area is 67.0 Å². The summed E-state index contributed by atoms with van der Waals surface area (Å²) in [7, 11) is 0. The topological polar surface area (TPSA) is 37.0 Å². The Morgan fingerprint density at radius 2 is 2.30 bits per heavy atom. The molecule has 0 saturated carbocycles. The molecule has 0 bridgehead atoms. The standard InChI is InChI=1S/C6H6BrN3/c7-4-1-8-2-5-6(4)10-3-9-5/h1-2,9-10H,3H2. The number of hydrogen-bond donors (Lipinski definition) is 2. The number of nitrogens with one attached hydrogen (secondary N) is 2. The van der Waals surface area contributed by atoms with Gasteiger partial charge in [0.15, 0.2) is 0 Å². The molecule has 1 aromatic heterocycles. The maximum absolute atomic E-state index is 4.01. The fraction of sp³-hybridized carbons (Fsp3) is 0.167. The van der Waals surface area contributed by atoms with Gasteiger partial charge in [0, 0.05) is 6.20 Å². The summed E-state index contributed by atoms with van der Waals surface area (Å²) in [6.45, 7) is 0.791. The van der Waals surface area contributed by atoms with Crippen LogP contribution in [0.25, 0.3) is 0 Å². The predicted octanol–water partition coefficient (Wildman–Crippen LogP) is 1.64. The number of fused-ring (bicyclic) bond motifs is 1. The van der Waals surface area contributed by atoms with Gasteiger partial charge in [-0.1, -0.05) is 0 Å². The summed E-state index contributed by atoms with van der Waals surface area (Å²) in [5.41, 5.74) is 2.17. The highest BCUT2D eigenvalue weighted by Gasteiger charge is 2.10. The van der Waals surface area contributed by atoms with E-state index in [1.165, 1.54) is 0 Å². The highest BCUT2D eigenvalue weighted by atomic mass is 79.9. The largest absolute Gasteiger partial charge is 0.365 e. The van der Waals surface area contributed by atoms with Gasteiger partial charge >= 0.3 is 0 Å². The zero-order chi connectivity index (χ0) is 6.97. The van der Waals surface area contributed by atoms with Gasteiger partial charge in [0.05, 0.1) is 28.7 Å². The molecule has 0 fully saturated rings. The lowest BCUT2D eigenvalue weighted by atomic mass is 10.4. The number of rotatable bonds is 0. The number of aromatic nitrogens is 1. The third-order valence-electron chi connectivity index (χ3n) is 1.44. The van der Waals surface area contributed by atoms with E-state index in [1.807, 2.05) is 0 Å². The number of hydrogen-bond acceptors (Lipinski definition) is 3.